The fourth-order valence-electron chi connectivity index (χ4n) is 2.89. The lowest BCUT2D eigenvalue weighted by atomic mass is 10.1. The average Bonchev–Trinajstić information content (AvgIpc) is 3.40. The van der Waals surface area contributed by atoms with Crippen molar-refractivity contribution in [3.8, 4) is 11.4 Å². The molecule has 0 aliphatic carbocycles. The maximum atomic E-state index is 13.3. The highest BCUT2D eigenvalue weighted by molar-refractivity contribution is 7.10. The Hall–Kier alpha value is -3.39. The van der Waals surface area contributed by atoms with E-state index in [1.54, 1.807) is 12.1 Å². The number of amides is 1. The Labute approximate surface area is 171 Å². The van der Waals surface area contributed by atoms with Crippen LogP contribution in [0.3, 0.4) is 0 Å². The second-order valence-electron chi connectivity index (χ2n) is 6.58. The Morgan fingerprint density at radius 3 is 2.59 bits per heavy atom. The van der Waals surface area contributed by atoms with Crippen LogP contribution in [0.5, 0.6) is 0 Å². The van der Waals surface area contributed by atoms with Crippen LogP contribution < -0.4 is 5.32 Å². The van der Waals surface area contributed by atoms with Crippen LogP contribution in [0.25, 0.3) is 11.4 Å². The quantitative estimate of drug-likeness (QED) is 0.528. The molecular weight excluding hydrogens is 389 g/mol. The normalized spacial score (nSPS) is 11.9. The number of nitrogens with zero attached hydrogens (tertiary/aromatic N) is 4. The van der Waals surface area contributed by atoms with Gasteiger partial charge in [-0.15, -0.1) is 21.5 Å². The van der Waals surface area contributed by atoms with Crippen LogP contribution in [0.4, 0.5) is 4.39 Å². The van der Waals surface area contributed by atoms with Gasteiger partial charge in [-0.25, -0.2) is 4.39 Å². The molecule has 0 spiro atoms. The van der Waals surface area contributed by atoms with Gasteiger partial charge < -0.3 is 5.32 Å². The molecule has 8 heteroatoms. The lowest BCUT2D eigenvalue weighted by Gasteiger charge is -2.18. The van der Waals surface area contributed by atoms with Crippen molar-refractivity contribution in [1.82, 2.24) is 25.5 Å². The highest BCUT2D eigenvalue weighted by Crippen LogP contribution is 2.26. The van der Waals surface area contributed by atoms with Crippen LogP contribution in [0, 0.1) is 12.7 Å². The molecule has 1 N–H and O–H groups in total. The van der Waals surface area contributed by atoms with Gasteiger partial charge in [0.15, 0.2) is 0 Å². The van der Waals surface area contributed by atoms with Crippen LogP contribution in [0.1, 0.15) is 22.0 Å². The number of aryl methyl sites for hydroxylation is 1. The second-order valence-corrected chi connectivity index (χ2v) is 7.56. The third-order valence-corrected chi connectivity index (χ3v) is 5.32. The first-order chi connectivity index (χ1) is 14.1. The number of carbonyl (C=O) groups is 1. The molecule has 0 aliphatic heterocycles. The van der Waals surface area contributed by atoms with E-state index < -0.39 is 0 Å². The van der Waals surface area contributed by atoms with Crippen molar-refractivity contribution in [2.45, 2.75) is 19.5 Å². The smallest absolute Gasteiger partial charge is 0.244 e. The van der Waals surface area contributed by atoms with E-state index in [1.165, 1.54) is 28.3 Å². The van der Waals surface area contributed by atoms with E-state index in [0.29, 0.717) is 5.82 Å². The van der Waals surface area contributed by atoms with E-state index in [2.05, 4.69) is 20.7 Å². The number of halogens is 1. The molecule has 0 saturated heterocycles. The molecule has 0 aliphatic rings. The van der Waals surface area contributed by atoms with E-state index in [9.17, 15) is 9.18 Å². The molecule has 1 amide bonds. The predicted octanol–water partition coefficient (Wildman–Crippen LogP) is 3.75. The van der Waals surface area contributed by atoms with Gasteiger partial charge in [-0.1, -0.05) is 48.0 Å². The first-order valence-electron chi connectivity index (χ1n) is 9.01. The third-order valence-electron chi connectivity index (χ3n) is 4.38. The Morgan fingerprint density at radius 2 is 1.90 bits per heavy atom. The van der Waals surface area contributed by atoms with Crippen molar-refractivity contribution in [1.29, 1.82) is 0 Å². The number of rotatable bonds is 6. The monoisotopic (exact) mass is 407 g/mol. The van der Waals surface area contributed by atoms with Crippen LogP contribution in [-0.2, 0) is 11.3 Å². The van der Waals surface area contributed by atoms with Crippen molar-refractivity contribution in [2.24, 2.45) is 0 Å². The van der Waals surface area contributed by atoms with Crippen molar-refractivity contribution >= 4 is 17.2 Å². The largest absolute Gasteiger partial charge is 0.343 e. The molecule has 4 aromatic rings. The molecule has 2 aromatic carbocycles. The summed E-state index contributed by atoms with van der Waals surface area (Å²) >= 11 is 1.52. The van der Waals surface area contributed by atoms with E-state index in [4.69, 9.17) is 0 Å². The Balaban J connectivity index is 1.48. The summed E-state index contributed by atoms with van der Waals surface area (Å²) in [5.41, 5.74) is 2.78. The molecule has 0 fully saturated rings. The molecule has 2 aromatic heterocycles. The van der Waals surface area contributed by atoms with Crippen LogP contribution in [0.2, 0.25) is 0 Å². The average molecular weight is 407 g/mol. The Morgan fingerprint density at radius 1 is 1.14 bits per heavy atom. The molecule has 0 bridgehead atoms. The Bertz CT molecular complexity index is 1090. The molecular formula is C21H18FN5OS. The number of carbonyl (C=O) groups excluding carboxylic acids is 1. The van der Waals surface area contributed by atoms with Gasteiger partial charge in [-0.3, -0.25) is 4.79 Å². The zero-order valence-corrected chi connectivity index (χ0v) is 16.4. The summed E-state index contributed by atoms with van der Waals surface area (Å²) in [6.45, 7) is 1.94. The van der Waals surface area contributed by atoms with E-state index in [0.717, 1.165) is 21.6 Å². The molecule has 6 nitrogen and oxygen atoms in total. The maximum absolute atomic E-state index is 13.3. The molecule has 1 atom stereocenters. The van der Waals surface area contributed by atoms with Gasteiger partial charge in [0, 0.05) is 10.4 Å². The van der Waals surface area contributed by atoms with Gasteiger partial charge >= 0.3 is 0 Å². The fourth-order valence-corrected chi connectivity index (χ4v) is 3.70. The second kappa shape index (κ2) is 8.32. The lowest BCUT2D eigenvalue weighted by Crippen LogP contribution is -2.32. The molecule has 0 saturated carbocycles. The highest BCUT2D eigenvalue weighted by Gasteiger charge is 2.19. The number of thiophene rings is 1. The number of nitrogens with one attached hydrogen (secondary N) is 1. The summed E-state index contributed by atoms with van der Waals surface area (Å²) in [6, 6.07) is 17.3. The van der Waals surface area contributed by atoms with E-state index in [-0.39, 0.29) is 24.3 Å². The molecule has 4 rings (SSSR count). The SMILES string of the molecule is Cc1ccc(-c2nnn(CC(=O)NC(c3ccc(F)cc3)c3cccs3)n2)cc1. The Kier molecular flexibility index (Phi) is 5.44. The number of aromatic nitrogens is 4. The lowest BCUT2D eigenvalue weighted by molar-refractivity contribution is -0.122. The molecule has 0 radical (unpaired) electrons. The maximum Gasteiger partial charge on any atom is 0.244 e. The number of hydrogen-bond donors (Lipinski definition) is 1. The topological polar surface area (TPSA) is 72.7 Å². The van der Waals surface area contributed by atoms with Gasteiger partial charge in [0.05, 0.1) is 6.04 Å². The van der Waals surface area contributed by atoms with Gasteiger partial charge in [-0.05, 0) is 41.3 Å². The van der Waals surface area contributed by atoms with Crippen LogP contribution >= 0.6 is 11.3 Å². The third kappa shape index (κ3) is 4.55. The van der Waals surface area contributed by atoms with Gasteiger partial charge in [0.2, 0.25) is 11.7 Å². The first-order valence-corrected chi connectivity index (χ1v) is 9.89. The molecule has 2 heterocycles. The standard InChI is InChI=1S/C21H18FN5OS/c1-14-4-6-16(7-5-14)21-24-26-27(25-21)13-19(28)23-20(18-3-2-12-29-18)15-8-10-17(22)11-9-15/h2-12,20H,13H2,1H3,(H,23,28). The summed E-state index contributed by atoms with van der Waals surface area (Å²) < 4.78 is 13.3. The van der Waals surface area contributed by atoms with Gasteiger partial charge in [-0.2, -0.15) is 4.80 Å². The van der Waals surface area contributed by atoms with Crippen molar-refractivity contribution in [3.63, 3.8) is 0 Å². The zero-order chi connectivity index (χ0) is 20.2. The number of hydrogen-bond acceptors (Lipinski definition) is 5. The van der Waals surface area contributed by atoms with E-state index >= 15 is 0 Å². The van der Waals surface area contributed by atoms with Crippen molar-refractivity contribution in [3.05, 3.63) is 87.9 Å². The van der Waals surface area contributed by atoms with Crippen LogP contribution in [-0.4, -0.2) is 26.1 Å². The van der Waals surface area contributed by atoms with Crippen molar-refractivity contribution in [2.75, 3.05) is 0 Å². The first kappa shape index (κ1) is 18.9. The number of benzene rings is 2. The summed E-state index contributed by atoms with van der Waals surface area (Å²) in [6.07, 6.45) is 0. The molecule has 1 unspecified atom stereocenters. The summed E-state index contributed by atoms with van der Waals surface area (Å²) in [7, 11) is 0. The molecule has 29 heavy (non-hydrogen) atoms. The molecule has 146 valence electrons. The summed E-state index contributed by atoms with van der Waals surface area (Å²) in [4.78, 5) is 14.9. The predicted molar refractivity (Wildman–Crippen MR) is 109 cm³/mol. The zero-order valence-electron chi connectivity index (χ0n) is 15.6. The minimum atomic E-state index is -0.372. The van der Waals surface area contributed by atoms with E-state index in [1.807, 2.05) is 48.7 Å². The van der Waals surface area contributed by atoms with Gasteiger partial charge in [0.1, 0.15) is 12.4 Å². The summed E-state index contributed by atoms with van der Waals surface area (Å²) in [5.74, 6) is -0.118. The highest BCUT2D eigenvalue weighted by atomic mass is 32.1. The minimum Gasteiger partial charge on any atom is -0.343 e. The van der Waals surface area contributed by atoms with Gasteiger partial charge in [0.25, 0.3) is 0 Å². The fraction of sp³-hybridized carbons (Fsp3) is 0.143. The minimum absolute atomic E-state index is 0.0675. The summed E-state index contributed by atoms with van der Waals surface area (Å²) in [5, 5.41) is 17.2. The van der Waals surface area contributed by atoms with Crippen molar-refractivity contribution < 1.29 is 9.18 Å². The van der Waals surface area contributed by atoms with Crippen LogP contribution in [0.15, 0.2) is 66.0 Å². The number of tetrazole rings is 1.